The van der Waals surface area contributed by atoms with Crippen LogP contribution in [0.25, 0.3) is 0 Å². The SMILES string of the molecule is NC(=O)NCCC[C@H]([NH2+][O-])C(=O)O. The molecule has 0 spiro atoms. The average molecular weight is 191 g/mol. The Hall–Kier alpha value is -1.34. The summed E-state index contributed by atoms with van der Waals surface area (Å²) in [6.07, 6.45) is 0.623. The van der Waals surface area contributed by atoms with Crippen LogP contribution in [0.5, 0.6) is 0 Å². The Morgan fingerprint density at radius 2 is 2.23 bits per heavy atom. The number of nitrogens with two attached hydrogens (primary N) is 2. The number of carbonyl (C=O) groups excluding carboxylic acids is 1. The molecule has 0 bridgehead atoms. The van der Waals surface area contributed by atoms with Crippen molar-refractivity contribution in [2.45, 2.75) is 18.9 Å². The normalized spacial score (nSPS) is 12.1. The number of quaternary nitrogens is 1. The van der Waals surface area contributed by atoms with Gasteiger partial charge in [-0.1, -0.05) is 0 Å². The van der Waals surface area contributed by atoms with E-state index in [9.17, 15) is 14.8 Å². The quantitative estimate of drug-likeness (QED) is 0.284. The first-order valence-electron chi connectivity index (χ1n) is 3.79. The molecule has 0 heterocycles. The average Bonchev–Trinajstić information content (AvgIpc) is 2.03. The topological polar surface area (TPSA) is 132 Å². The van der Waals surface area contributed by atoms with Crippen LogP contribution in [0, 0.1) is 5.21 Å². The minimum absolute atomic E-state index is 0.207. The van der Waals surface area contributed by atoms with Crippen molar-refractivity contribution in [1.82, 2.24) is 5.32 Å². The van der Waals surface area contributed by atoms with Crippen LogP contribution in [0.15, 0.2) is 0 Å². The van der Waals surface area contributed by atoms with Crippen LogP contribution < -0.4 is 16.5 Å². The summed E-state index contributed by atoms with van der Waals surface area (Å²) in [6, 6.07) is -1.65. The van der Waals surface area contributed by atoms with Crippen LogP contribution in [0.1, 0.15) is 12.8 Å². The zero-order valence-corrected chi connectivity index (χ0v) is 7.03. The molecule has 0 aromatic heterocycles. The maximum Gasteiger partial charge on any atom is 0.362 e. The number of carboxylic acid groups (broad SMARTS) is 1. The molecule has 0 unspecified atom stereocenters. The molecule has 7 nitrogen and oxygen atoms in total. The maximum atomic E-state index is 10.3. The molecule has 13 heavy (non-hydrogen) atoms. The molecule has 0 aromatic carbocycles. The van der Waals surface area contributed by atoms with Crippen molar-refractivity contribution in [2.75, 3.05) is 6.54 Å². The first-order chi connectivity index (χ1) is 6.07. The molecule has 0 saturated carbocycles. The third-order valence-corrected chi connectivity index (χ3v) is 1.47. The summed E-state index contributed by atoms with van der Waals surface area (Å²) < 4.78 is 0. The predicted molar refractivity (Wildman–Crippen MR) is 43.5 cm³/mol. The molecule has 1 atom stereocenters. The second kappa shape index (κ2) is 6.21. The van der Waals surface area contributed by atoms with Crippen LogP contribution >= 0.6 is 0 Å². The highest BCUT2D eigenvalue weighted by atomic mass is 16.5. The fraction of sp³-hybridized carbons (Fsp3) is 0.667. The van der Waals surface area contributed by atoms with Gasteiger partial charge in [-0.2, -0.15) is 0 Å². The minimum atomic E-state index is -1.14. The van der Waals surface area contributed by atoms with E-state index in [-0.39, 0.29) is 13.0 Å². The van der Waals surface area contributed by atoms with Gasteiger partial charge in [0.2, 0.25) is 0 Å². The minimum Gasteiger partial charge on any atom is -0.635 e. The second-order valence-corrected chi connectivity index (χ2v) is 2.51. The number of primary amides is 1. The van der Waals surface area contributed by atoms with Crippen molar-refractivity contribution in [3.63, 3.8) is 0 Å². The molecular formula is C6H13N3O4. The molecule has 6 N–H and O–H groups in total. The number of nitrogens with one attached hydrogen (secondary N) is 1. The molecule has 0 aliphatic carbocycles. The zero-order valence-electron chi connectivity index (χ0n) is 7.03. The molecule has 7 heteroatoms. The van der Waals surface area contributed by atoms with Crippen LogP contribution in [0.3, 0.4) is 0 Å². The summed E-state index contributed by atoms with van der Waals surface area (Å²) in [5, 5.41) is 20.9. The Morgan fingerprint density at radius 3 is 2.62 bits per heavy atom. The standard InChI is InChI=1S/C6H13N3O4/c7-6(12)8-3-1-2-4(9-13)5(10)11/h4H,1-3,9H2,(H,10,11)(H3,7,8,12)/t4-/m0/s1. The van der Waals surface area contributed by atoms with Gasteiger partial charge >= 0.3 is 12.0 Å². The summed E-state index contributed by atoms with van der Waals surface area (Å²) in [4.78, 5) is 20.5. The van der Waals surface area contributed by atoms with Gasteiger partial charge < -0.3 is 26.8 Å². The number of aliphatic carboxylic acids is 1. The predicted octanol–water partition coefficient (Wildman–Crippen LogP) is -2.05. The number of urea groups is 1. The number of rotatable bonds is 6. The third kappa shape index (κ3) is 5.88. The van der Waals surface area contributed by atoms with Gasteiger partial charge in [-0.15, -0.1) is 0 Å². The first kappa shape index (κ1) is 11.7. The molecule has 0 fully saturated rings. The van der Waals surface area contributed by atoms with E-state index in [1.165, 1.54) is 0 Å². The second-order valence-electron chi connectivity index (χ2n) is 2.51. The number of hydroxylamine groups is 1. The van der Waals surface area contributed by atoms with E-state index < -0.39 is 18.0 Å². The Balaban J connectivity index is 3.50. The van der Waals surface area contributed by atoms with Crippen molar-refractivity contribution in [2.24, 2.45) is 5.73 Å². The lowest BCUT2D eigenvalue weighted by Gasteiger charge is -2.11. The van der Waals surface area contributed by atoms with E-state index in [4.69, 9.17) is 10.8 Å². The number of carboxylic acids is 1. The van der Waals surface area contributed by atoms with Gasteiger partial charge in [0.1, 0.15) is 0 Å². The monoisotopic (exact) mass is 191 g/mol. The molecule has 2 amide bonds. The largest absolute Gasteiger partial charge is 0.635 e. The summed E-state index contributed by atoms with van der Waals surface area (Å²) >= 11 is 0. The number of carbonyl (C=O) groups is 2. The Kier molecular flexibility index (Phi) is 5.57. The highest BCUT2D eigenvalue weighted by Gasteiger charge is 2.16. The Morgan fingerprint density at radius 1 is 1.62 bits per heavy atom. The summed E-state index contributed by atoms with van der Waals surface area (Å²) in [7, 11) is 0. The van der Waals surface area contributed by atoms with Gasteiger partial charge in [0.25, 0.3) is 0 Å². The lowest BCUT2D eigenvalue weighted by atomic mass is 10.2. The maximum absolute atomic E-state index is 10.3. The van der Waals surface area contributed by atoms with Gasteiger partial charge in [0.05, 0.1) is 0 Å². The Labute approximate surface area is 74.9 Å². The van der Waals surface area contributed by atoms with Gasteiger partial charge in [-0.25, -0.2) is 9.59 Å². The fourth-order valence-corrected chi connectivity index (χ4v) is 0.783. The van der Waals surface area contributed by atoms with Crippen LogP contribution in [0.4, 0.5) is 4.79 Å². The number of hydrogen-bond donors (Lipinski definition) is 4. The molecule has 0 aromatic rings. The van der Waals surface area contributed by atoms with Crippen molar-refractivity contribution in [1.29, 1.82) is 0 Å². The van der Waals surface area contributed by atoms with E-state index in [2.05, 4.69) is 5.32 Å². The van der Waals surface area contributed by atoms with Gasteiger partial charge in [0, 0.05) is 13.0 Å². The zero-order chi connectivity index (χ0) is 10.3. The van der Waals surface area contributed by atoms with Crippen LogP contribution in [0.2, 0.25) is 0 Å². The Bertz CT molecular complexity index is 185. The van der Waals surface area contributed by atoms with E-state index in [1.54, 1.807) is 0 Å². The lowest BCUT2D eigenvalue weighted by Crippen LogP contribution is -2.86. The van der Waals surface area contributed by atoms with Crippen LogP contribution in [-0.2, 0) is 4.79 Å². The lowest BCUT2D eigenvalue weighted by molar-refractivity contribution is -0.616. The molecule has 0 aliphatic rings. The van der Waals surface area contributed by atoms with E-state index in [1.807, 2.05) is 0 Å². The van der Waals surface area contributed by atoms with Crippen molar-refractivity contribution in [3.8, 4) is 0 Å². The van der Waals surface area contributed by atoms with Gasteiger partial charge in [0.15, 0.2) is 6.04 Å². The highest BCUT2D eigenvalue weighted by molar-refractivity contribution is 5.72. The van der Waals surface area contributed by atoms with Crippen LogP contribution in [-0.4, -0.2) is 29.7 Å². The molecule has 0 rings (SSSR count). The van der Waals surface area contributed by atoms with E-state index >= 15 is 0 Å². The first-order valence-corrected chi connectivity index (χ1v) is 3.79. The molecule has 0 radical (unpaired) electrons. The van der Waals surface area contributed by atoms with Gasteiger partial charge in [-0.3, -0.25) is 0 Å². The molecule has 76 valence electrons. The third-order valence-electron chi connectivity index (χ3n) is 1.47. The van der Waals surface area contributed by atoms with Crippen molar-refractivity contribution in [3.05, 3.63) is 5.21 Å². The molecule has 0 saturated heterocycles. The highest BCUT2D eigenvalue weighted by Crippen LogP contribution is 1.91. The van der Waals surface area contributed by atoms with E-state index in [0.29, 0.717) is 11.9 Å². The molecule has 0 aliphatic heterocycles. The summed E-state index contributed by atoms with van der Waals surface area (Å²) in [5.41, 5.74) is 5.15. The van der Waals surface area contributed by atoms with Crippen molar-refractivity contribution < 1.29 is 20.2 Å². The van der Waals surface area contributed by atoms with Crippen molar-refractivity contribution >= 4 is 12.0 Å². The van der Waals surface area contributed by atoms with Gasteiger partial charge in [-0.05, 0) is 6.42 Å². The molecular weight excluding hydrogens is 178 g/mol. The summed E-state index contributed by atoms with van der Waals surface area (Å²) in [5.74, 6) is -1.14. The number of hydrogen-bond acceptors (Lipinski definition) is 3. The smallest absolute Gasteiger partial charge is 0.362 e. The number of amides is 2. The van der Waals surface area contributed by atoms with E-state index in [0.717, 1.165) is 0 Å². The fourth-order valence-electron chi connectivity index (χ4n) is 0.783. The summed E-state index contributed by atoms with van der Waals surface area (Å²) in [6.45, 7) is 0.285.